The van der Waals surface area contributed by atoms with E-state index in [9.17, 15) is 4.79 Å². The van der Waals surface area contributed by atoms with Crippen molar-refractivity contribution in [2.75, 3.05) is 12.4 Å². The molecule has 0 unspecified atom stereocenters. The number of carbonyl (C=O) groups excluding carboxylic acids is 1. The molecule has 0 aliphatic heterocycles. The van der Waals surface area contributed by atoms with Crippen LogP contribution < -0.4 is 10.1 Å². The molecule has 0 spiro atoms. The van der Waals surface area contributed by atoms with Crippen LogP contribution in [-0.2, 0) is 0 Å². The molecule has 0 aromatic heterocycles. The van der Waals surface area contributed by atoms with Gasteiger partial charge in [0.2, 0.25) is 0 Å². The van der Waals surface area contributed by atoms with Crippen LogP contribution in [0.1, 0.15) is 10.4 Å². The maximum atomic E-state index is 12.1. The number of hydrogen-bond acceptors (Lipinski definition) is 2. The van der Waals surface area contributed by atoms with E-state index in [1.165, 1.54) is 13.2 Å². The summed E-state index contributed by atoms with van der Waals surface area (Å²) in [6, 6.07) is 9.58. The number of ether oxygens (including phenoxy) is 1. The first-order chi connectivity index (χ1) is 9.51. The van der Waals surface area contributed by atoms with Gasteiger partial charge in [0, 0.05) is 10.6 Å². The number of anilines is 1. The average Bonchev–Trinajstić information content (AvgIpc) is 2.42. The standard InChI is InChI=1S/C14H10Cl3NO2/c1-20-13-5-2-8(6-11(13)17)14(19)18-12-7-9(15)3-4-10(12)16/h2-7H,1H3,(H,18,19). The molecule has 1 N–H and O–H groups in total. The highest BCUT2D eigenvalue weighted by Gasteiger charge is 2.11. The molecule has 3 nitrogen and oxygen atoms in total. The lowest BCUT2D eigenvalue weighted by molar-refractivity contribution is 0.102. The van der Waals surface area contributed by atoms with Gasteiger partial charge in [0.1, 0.15) is 5.75 Å². The van der Waals surface area contributed by atoms with Crippen LogP contribution in [0.15, 0.2) is 36.4 Å². The molecule has 2 aromatic rings. The zero-order valence-corrected chi connectivity index (χ0v) is 12.7. The molecule has 0 bridgehead atoms. The number of nitrogens with one attached hydrogen (secondary N) is 1. The first-order valence-electron chi connectivity index (χ1n) is 5.61. The molecule has 0 aliphatic rings. The summed E-state index contributed by atoms with van der Waals surface area (Å²) in [5.41, 5.74) is 0.836. The first kappa shape index (κ1) is 15.0. The fraction of sp³-hybridized carbons (Fsp3) is 0.0714. The van der Waals surface area contributed by atoms with Gasteiger partial charge in [-0.05, 0) is 36.4 Å². The average molecular weight is 331 g/mol. The molecule has 20 heavy (non-hydrogen) atoms. The Balaban J connectivity index is 2.24. The maximum absolute atomic E-state index is 12.1. The Morgan fingerprint density at radius 1 is 1.05 bits per heavy atom. The molecule has 0 atom stereocenters. The molecule has 0 aliphatic carbocycles. The monoisotopic (exact) mass is 329 g/mol. The number of amides is 1. The lowest BCUT2D eigenvalue weighted by atomic mass is 10.2. The van der Waals surface area contributed by atoms with Gasteiger partial charge in [0.25, 0.3) is 5.91 Å². The lowest BCUT2D eigenvalue weighted by Gasteiger charge is -2.09. The molecular formula is C14H10Cl3NO2. The summed E-state index contributed by atoms with van der Waals surface area (Å²) in [5, 5.41) is 3.92. The summed E-state index contributed by atoms with van der Waals surface area (Å²) in [5.74, 6) is 0.169. The Morgan fingerprint density at radius 2 is 1.80 bits per heavy atom. The van der Waals surface area contributed by atoms with E-state index in [1.807, 2.05) is 0 Å². The first-order valence-corrected chi connectivity index (χ1v) is 6.74. The van der Waals surface area contributed by atoms with Crippen LogP contribution in [0.4, 0.5) is 5.69 Å². The highest BCUT2D eigenvalue weighted by atomic mass is 35.5. The van der Waals surface area contributed by atoms with E-state index < -0.39 is 0 Å². The molecule has 0 fully saturated rings. The van der Waals surface area contributed by atoms with Crippen LogP contribution in [0.2, 0.25) is 15.1 Å². The van der Waals surface area contributed by atoms with Crippen molar-refractivity contribution >= 4 is 46.4 Å². The zero-order chi connectivity index (χ0) is 14.7. The molecule has 2 rings (SSSR count). The molecule has 104 valence electrons. The molecule has 0 saturated carbocycles. The van der Waals surface area contributed by atoms with Crippen molar-refractivity contribution < 1.29 is 9.53 Å². The van der Waals surface area contributed by atoms with Gasteiger partial charge in [-0.3, -0.25) is 4.79 Å². The predicted molar refractivity (Wildman–Crippen MR) is 82.4 cm³/mol. The minimum absolute atomic E-state index is 0.335. The number of methoxy groups -OCH3 is 1. The normalized spacial score (nSPS) is 10.2. The Morgan fingerprint density at radius 3 is 2.45 bits per heavy atom. The lowest BCUT2D eigenvalue weighted by Crippen LogP contribution is -2.12. The summed E-state index contributed by atoms with van der Waals surface area (Å²) >= 11 is 17.8. The van der Waals surface area contributed by atoms with E-state index in [2.05, 4.69) is 5.32 Å². The second kappa shape index (κ2) is 6.35. The highest BCUT2D eigenvalue weighted by molar-refractivity contribution is 6.36. The zero-order valence-electron chi connectivity index (χ0n) is 10.4. The maximum Gasteiger partial charge on any atom is 0.255 e. The number of benzene rings is 2. The van der Waals surface area contributed by atoms with E-state index in [-0.39, 0.29) is 5.91 Å². The van der Waals surface area contributed by atoms with Crippen molar-refractivity contribution in [3.8, 4) is 5.75 Å². The van der Waals surface area contributed by atoms with Crippen LogP contribution >= 0.6 is 34.8 Å². The number of hydrogen-bond donors (Lipinski definition) is 1. The molecular weight excluding hydrogens is 321 g/mol. The van der Waals surface area contributed by atoms with Crippen LogP contribution in [-0.4, -0.2) is 13.0 Å². The van der Waals surface area contributed by atoms with E-state index in [0.717, 1.165) is 0 Å². The van der Waals surface area contributed by atoms with Crippen LogP contribution in [0, 0.1) is 0 Å². The van der Waals surface area contributed by atoms with Crippen molar-refractivity contribution in [3.05, 3.63) is 57.0 Å². The Hall–Kier alpha value is -1.42. The van der Waals surface area contributed by atoms with Gasteiger partial charge in [0.15, 0.2) is 0 Å². The molecule has 0 radical (unpaired) electrons. The second-order valence-electron chi connectivity index (χ2n) is 3.93. The number of carbonyl (C=O) groups is 1. The van der Waals surface area contributed by atoms with Crippen molar-refractivity contribution in [2.45, 2.75) is 0 Å². The third-order valence-electron chi connectivity index (χ3n) is 2.59. The third-order valence-corrected chi connectivity index (χ3v) is 3.45. The Labute approximate surface area is 131 Å². The Bertz CT molecular complexity index is 659. The molecule has 0 saturated heterocycles. The summed E-state index contributed by atoms with van der Waals surface area (Å²) < 4.78 is 5.03. The van der Waals surface area contributed by atoms with Crippen molar-refractivity contribution in [1.29, 1.82) is 0 Å². The second-order valence-corrected chi connectivity index (χ2v) is 5.18. The minimum Gasteiger partial charge on any atom is -0.495 e. The SMILES string of the molecule is COc1ccc(C(=O)Nc2cc(Cl)ccc2Cl)cc1Cl. The largest absolute Gasteiger partial charge is 0.495 e. The molecule has 0 heterocycles. The quantitative estimate of drug-likeness (QED) is 0.868. The molecule has 6 heteroatoms. The van der Waals surface area contributed by atoms with Gasteiger partial charge in [-0.25, -0.2) is 0 Å². The van der Waals surface area contributed by atoms with Gasteiger partial charge < -0.3 is 10.1 Å². The van der Waals surface area contributed by atoms with E-state index in [4.69, 9.17) is 39.5 Å². The van der Waals surface area contributed by atoms with Gasteiger partial charge in [-0.15, -0.1) is 0 Å². The predicted octanol–water partition coefficient (Wildman–Crippen LogP) is 4.91. The van der Waals surface area contributed by atoms with Gasteiger partial charge in [-0.1, -0.05) is 34.8 Å². The third kappa shape index (κ3) is 3.37. The summed E-state index contributed by atoms with van der Waals surface area (Å²) in [6.45, 7) is 0. The van der Waals surface area contributed by atoms with Crippen LogP contribution in [0.25, 0.3) is 0 Å². The smallest absolute Gasteiger partial charge is 0.255 e. The fourth-order valence-electron chi connectivity index (χ4n) is 1.60. The van der Waals surface area contributed by atoms with Crippen LogP contribution in [0.5, 0.6) is 5.75 Å². The van der Waals surface area contributed by atoms with E-state index in [0.29, 0.717) is 32.1 Å². The summed E-state index contributed by atoms with van der Waals surface area (Å²) in [6.07, 6.45) is 0. The van der Waals surface area contributed by atoms with Gasteiger partial charge >= 0.3 is 0 Å². The summed E-state index contributed by atoms with van der Waals surface area (Å²) in [7, 11) is 1.51. The highest BCUT2D eigenvalue weighted by Crippen LogP contribution is 2.28. The molecule has 1 amide bonds. The summed E-state index contributed by atoms with van der Waals surface area (Å²) in [4.78, 5) is 12.1. The van der Waals surface area contributed by atoms with Crippen molar-refractivity contribution in [2.24, 2.45) is 0 Å². The van der Waals surface area contributed by atoms with E-state index in [1.54, 1.807) is 30.3 Å². The van der Waals surface area contributed by atoms with E-state index >= 15 is 0 Å². The van der Waals surface area contributed by atoms with Gasteiger partial charge in [-0.2, -0.15) is 0 Å². The Kier molecular flexibility index (Phi) is 4.76. The van der Waals surface area contributed by atoms with Crippen LogP contribution in [0.3, 0.4) is 0 Å². The topological polar surface area (TPSA) is 38.3 Å². The fourth-order valence-corrected chi connectivity index (χ4v) is 2.19. The number of rotatable bonds is 3. The minimum atomic E-state index is -0.335. The number of halogens is 3. The van der Waals surface area contributed by atoms with Crippen molar-refractivity contribution in [3.63, 3.8) is 0 Å². The van der Waals surface area contributed by atoms with Crippen molar-refractivity contribution in [1.82, 2.24) is 0 Å². The van der Waals surface area contributed by atoms with Gasteiger partial charge in [0.05, 0.1) is 22.8 Å². The molecule has 2 aromatic carbocycles.